The lowest BCUT2D eigenvalue weighted by Gasteiger charge is -2.35. The molecule has 120 valence electrons. The van der Waals surface area contributed by atoms with Crippen LogP contribution in [0.15, 0.2) is 12.1 Å². The summed E-state index contributed by atoms with van der Waals surface area (Å²) in [7, 11) is 0. The van der Waals surface area contributed by atoms with Crippen LogP contribution in [0.1, 0.15) is 30.9 Å². The molecule has 1 aliphatic carbocycles. The van der Waals surface area contributed by atoms with Gasteiger partial charge in [-0.1, -0.05) is 42.1 Å². The third kappa shape index (κ3) is 5.12. The molecular formula is C14H21Cl4N3. The molecule has 21 heavy (non-hydrogen) atoms. The first kappa shape index (κ1) is 19.3. The fourth-order valence-electron chi connectivity index (χ4n) is 2.81. The predicted molar refractivity (Wildman–Crippen MR) is 93.3 cm³/mol. The lowest BCUT2D eigenvalue weighted by atomic mass is 10.0. The third-order valence-corrected chi connectivity index (χ3v) is 4.56. The van der Waals surface area contributed by atoms with Gasteiger partial charge in [-0.25, -0.2) is 4.98 Å². The molecule has 0 spiro atoms. The fourth-order valence-corrected chi connectivity index (χ4v) is 3.28. The van der Waals surface area contributed by atoms with Crippen LogP contribution >= 0.6 is 48.0 Å². The summed E-state index contributed by atoms with van der Waals surface area (Å²) >= 11 is 12.2. The van der Waals surface area contributed by atoms with Gasteiger partial charge in [0, 0.05) is 37.8 Å². The van der Waals surface area contributed by atoms with Gasteiger partial charge in [0.25, 0.3) is 0 Å². The van der Waals surface area contributed by atoms with Crippen LogP contribution in [0.3, 0.4) is 0 Å². The monoisotopic (exact) mass is 371 g/mol. The van der Waals surface area contributed by atoms with E-state index in [1.807, 2.05) is 12.1 Å². The molecule has 1 aromatic rings. The second kappa shape index (κ2) is 8.76. The summed E-state index contributed by atoms with van der Waals surface area (Å²) in [5, 5.41) is 4.44. The molecule has 7 heteroatoms. The van der Waals surface area contributed by atoms with Gasteiger partial charge in [-0.3, -0.25) is 4.90 Å². The largest absolute Gasteiger partial charge is 0.314 e. The van der Waals surface area contributed by atoms with E-state index in [4.69, 9.17) is 23.2 Å². The topological polar surface area (TPSA) is 28.2 Å². The van der Waals surface area contributed by atoms with Crippen molar-refractivity contribution in [1.82, 2.24) is 15.2 Å². The van der Waals surface area contributed by atoms with Crippen molar-refractivity contribution < 1.29 is 0 Å². The van der Waals surface area contributed by atoms with Crippen LogP contribution in [0, 0.1) is 5.92 Å². The minimum Gasteiger partial charge on any atom is -0.314 e. The molecule has 0 aromatic carbocycles. The van der Waals surface area contributed by atoms with Crippen LogP contribution in [-0.4, -0.2) is 36.1 Å². The Hall–Kier alpha value is 0.230. The second-order valence-electron chi connectivity index (χ2n) is 5.49. The highest BCUT2D eigenvalue weighted by atomic mass is 35.5. The molecule has 3 nitrogen and oxygen atoms in total. The maximum Gasteiger partial charge on any atom is 0.135 e. The Morgan fingerprint density at radius 3 is 2.43 bits per heavy atom. The van der Waals surface area contributed by atoms with E-state index >= 15 is 0 Å². The molecule has 0 bridgehead atoms. The first-order chi connectivity index (χ1) is 9.24. The van der Waals surface area contributed by atoms with Crippen molar-refractivity contribution in [3.63, 3.8) is 0 Å². The Balaban J connectivity index is 0.00000110. The second-order valence-corrected chi connectivity index (χ2v) is 6.24. The number of halogens is 4. The smallest absolute Gasteiger partial charge is 0.135 e. The van der Waals surface area contributed by atoms with Gasteiger partial charge in [-0.2, -0.15) is 0 Å². The van der Waals surface area contributed by atoms with Crippen LogP contribution in [0.2, 0.25) is 10.3 Å². The molecule has 0 radical (unpaired) electrons. The Bertz CT molecular complexity index is 448. The molecule has 0 unspecified atom stereocenters. The molecule has 1 N–H and O–H groups in total. The van der Waals surface area contributed by atoms with Crippen LogP contribution in [0.5, 0.6) is 0 Å². The van der Waals surface area contributed by atoms with Gasteiger partial charge in [0.1, 0.15) is 10.3 Å². The Labute approximate surface area is 148 Å². The number of nitrogens with one attached hydrogen (secondary N) is 1. The summed E-state index contributed by atoms with van der Waals surface area (Å²) < 4.78 is 0. The van der Waals surface area contributed by atoms with Crippen molar-refractivity contribution >= 4 is 48.0 Å². The molecule has 0 amide bonds. The zero-order valence-corrected chi connectivity index (χ0v) is 14.9. The predicted octanol–water partition coefficient (Wildman–Crippen LogP) is 3.98. The highest BCUT2D eigenvalue weighted by molar-refractivity contribution is 6.32. The normalized spacial score (nSPS) is 20.3. The lowest BCUT2D eigenvalue weighted by Crippen LogP contribution is -2.45. The van der Waals surface area contributed by atoms with Crippen LogP contribution < -0.4 is 5.32 Å². The number of pyridine rings is 1. The van der Waals surface area contributed by atoms with Crippen molar-refractivity contribution in [3.05, 3.63) is 28.0 Å². The van der Waals surface area contributed by atoms with Gasteiger partial charge in [-0.15, -0.1) is 24.8 Å². The molecule has 2 heterocycles. The van der Waals surface area contributed by atoms with Crippen LogP contribution in [-0.2, 0) is 0 Å². The van der Waals surface area contributed by atoms with E-state index in [1.165, 1.54) is 19.3 Å². The zero-order chi connectivity index (χ0) is 13.2. The first-order valence-corrected chi connectivity index (χ1v) is 7.76. The zero-order valence-electron chi connectivity index (χ0n) is 11.7. The number of hydrogen-bond donors (Lipinski definition) is 1. The van der Waals surface area contributed by atoms with E-state index in [1.54, 1.807) is 0 Å². The first-order valence-electron chi connectivity index (χ1n) is 7.01. The average Bonchev–Trinajstić information content (AvgIpc) is 3.22. The Morgan fingerprint density at radius 1 is 1.19 bits per heavy atom. The summed E-state index contributed by atoms with van der Waals surface area (Å²) in [5.41, 5.74) is 1.14. The molecule has 3 rings (SSSR count). The summed E-state index contributed by atoms with van der Waals surface area (Å²) in [4.78, 5) is 6.74. The molecule has 2 aliphatic rings. The van der Waals surface area contributed by atoms with E-state index in [9.17, 15) is 0 Å². The average molecular weight is 373 g/mol. The van der Waals surface area contributed by atoms with Gasteiger partial charge >= 0.3 is 0 Å². The highest BCUT2D eigenvalue weighted by Gasteiger charge is 2.31. The molecule has 2 fully saturated rings. The van der Waals surface area contributed by atoms with Crippen LogP contribution in [0.4, 0.5) is 0 Å². The standard InChI is InChI=1S/C14H19Cl2N3.2ClH/c15-13-4-3-11(14(16)18-13)12(9-10-1-2-10)19-7-5-17-6-8-19;;/h3-4,10,12,17H,1-2,5-9H2;2*1H/t12-;;/m0../s1. The maximum atomic E-state index is 6.31. The number of nitrogens with zero attached hydrogens (tertiary/aromatic N) is 2. The van der Waals surface area contributed by atoms with Gasteiger partial charge in [0.15, 0.2) is 0 Å². The van der Waals surface area contributed by atoms with Gasteiger partial charge in [0.05, 0.1) is 0 Å². The maximum absolute atomic E-state index is 6.31. The van der Waals surface area contributed by atoms with Crippen molar-refractivity contribution in [2.75, 3.05) is 26.2 Å². The molecule has 1 saturated heterocycles. The van der Waals surface area contributed by atoms with E-state index in [2.05, 4.69) is 15.2 Å². The van der Waals surface area contributed by atoms with Crippen molar-refractivity contribution in [1.29, 1.82) is 0 Å². The highest BCUT2D eigenvalue weighted by Crippen LogP contribution is 2.41. The quantitative estimate of drug-likeness (QED) is 0.810. The summed E-state index contributed by atoms with van der Waals surface area (Å²) in [6.45, 7) is 4.27. The van der Waals surface area contributed by atoms with E-state index in [0.29, 0.717) is 16.3 Å². The summed E-state index contributed by atoms with van der Waals surface area (Å²) in [6, 6.07) is 4.30. The molecule has 1 aliphatic heterocycles. The van der Waals surface area contributed by atoms with E-state index < -0.39 is 0 Å². The van der Waals surface area contributed by atoms with Crippen LogP contribution in [0.25, 0.3) is 0 Å². The van der Waals surface area contributed by atoms with Gasteiger partial charge < -0.3 is 5.32 Å². The van der Waals surface area contributed by atoms with Crippen molar-refractivity contribution in [3.8, 4) is 0 Å². The van der Waals surface area contributed by atoms with E-state index in [-0.39, 0.29) is 24.8 Å². The lowest BCUT2D eigenvalue weighted by molar-refractivity contribution is 0.160. The summed E-state index contributed by atoms with van der Waals surface area (Å²) in [6.07, 6.45) is 3.92. The molecule has 1 saturated carbocycles. The summed E-state index contributed by atoms with van der Waals surface area (Å²) in [5.74, 6) is 0.867. The number of aromatic nitrogens is 1. The fraction of sp³-hybridized carbons (Fsp3) is 0.643. The van der Waals surface area contributed by atoms with Crippen molar-refractivity contribution in [2.45, 2.75) is 25.3 Å². The Morgan fingerprint density at radius 2 is 1.86 bits per heavy atom. The SMILES string of the molecule is Cl.Cl.Clc1ccc([C@H](CC2CC2)N2CCNCC2)c(Cl)n1. The molecule has 1 atom stereocenters. The number of piperazine rings is 1. The minimum absolute atomic E-state index is 0. The Kier molecular flexibility index (Phi) is 8.04. The number of rotatable bonds is 4. The van der Waals surface area contributed by atoms with Crippen molar-refractivity contribution in [2.24, 2.45) is 5.92 Å². The molecular weight excluding hydrogens is 352 g/mol. The minimum atomic E-state index is 0. The van der Waals surface area contributed by atoms with E-state index in [0.717, 1.165) is 37.7 Å². The number of hydrogen-bond acceptors (Lipinski definition) is 3. The molecule has 1 aromatic heterocycles. The third-order valence-electron chi connectivity index (χ3n) is 4.05. The van der Waals surface area contributed by atoms with Gasteiger partial charge in [0.2, 0.25) is 0 Å². The van der Waals surface area contributed by atoms with Gasteiger partial charge in [-0.05, 0) is 18.4 Å².